The van der Waals surface area contributed by atoms with Crippen LogP contribution in [0.1, 0.15) is 22.5 Å². The van der Waals surface area contributed by atoms with Gasteiger partial charge in [-0.05, 0) is 19.9 Å². The van der Waals surface area contributed by atoms with Gasteiger partial charge in [-0.1, -0.05) is 0 Å². The van der Waals surface area contributed by atoms with E-state index in [1.807, 2.05) is 13.8 Å². The van der Waals surface area contributed by atoms with E-state index in [-0.39, 0.29) is 6.54 Å². The minimum Gasteiger partial charge on any atom is -0.496 e. The summed E-state index contributed by atoms with van der Waals surface area (Å²) < 4.78 is 43.9. The lowest BCUT2D eigenvalue weighted by Crippen LogP contribution is -2.10. The van der Waals surface area contributed by atoms with Crippen molar-refractivity contribution >= 4 is 0 Å². The molecule has 0 radical (unpaired) electrons. The molecule has 0 amide bonds. The van der Waals surface area contributed by atoms with Crippen molar-refractivity contribution in [1.82, 2.24) is 14.8 Å². The molecule has 0 aromatic carbocycles. The number of pyridine rings is 1. The van der Waals surface area contributed by atoms with Gasteiger partial charge in [0.1, 0.15) is 5.75 Å². The first-order chi connectivity index (χ1) is 9.32. The van der Waals surface area contributed by atoms with Crippen LogP contribution in [0.3, 0.4) is 0 Å². The van der Waals surface area contributed by atoms with Crippen molar-refractivity contribution < 1.29 is 17.9 Å². The second kappa shape index (κ2) is 5.15. The zero-order valence-corrected chi connectivity index (χ0v) is 11.3. The molecule has 0 unspecified atom stereocenters. The smallest absolute Gasteiger partial charge is 0.435 e. The number of alkyl halides is 3. The number of halogens is 3. The van der Waals surface area contributed by atoms with Crippen molar-refractivity contribution in [2.45, 2.75) is 26.6 Å². The van der Waals surface area contributed by atoms with Crippen LogP contribution >= 0.6 is 0 Å². The lowest BCUT2D eigenvalue weighted by Gasteiger charge is -2.12. The van der Waals surface area contributed by atoms with Crippen LogP contribution in [0.4, 0.5) is 13.2 Å². The standard InChI is InChI=1S/C13H14F3N3O/c1-8-6-17-10(9(2)12(8)20-3)7-19-5-4-11(18-19)13(14,15)16/h4-6H,7H2,1-3H3. The maximum Gasteiger partial charge on any atom is 0.435 e. The Morgan fingerprint density at radius 2 is 2.00 bits per heavy atom. The zero-order chi connectivity index (χ0) is 14.9. The fraction of sp³-hybridized carbons (Fsp3) is 0.385. The Morgan fingerprint density at radius 1 is 1.30 bits per heavy atom. The van der Waals surface area contributed by atoms with Gasteiger partial charge in [0.05, 0.1) is 19.3 Å². The van der Waals surface area contributed by atoms with E-state index in [9.17, 15) is 13.2 Å². The van der Waals surface area contributed by atoms with E-state index in [0.717, 1.165) is 17.2 Å². The molecule has 0 spiro atoms. The third-order valence-electron chi connectivity index (χ3n) is 2.99. The van der Waals surface area contributed by atoms with E-state index in [4.69, 9.17) is 4.74 Å². The number of rotatable bonds is 3. The van der Waals surface area contributed by atoms with E-state index < -0.39 is 11.9 Å². The minimum atomic E-state index is -4.43. The van der Waals surface area contributed by atoms with Gasteiger partial charge in [-0.15, -0.1) is 0 Å². The van der Waals surface area contributed by atoms with Gasteiger partial charge in [-0.25, -0.2) is 0 Å². The summed E-state index contributed by atoms with van der Waals surface area (Å²) in [6.07, 6.45) is -1.51. The van der Waals surface area contributed by atoms with Gasteiger partial charge in [0.15, 0.2) is 5.69 Å². The summed E-state index contributed by atoms with van der Waals surface area (Å²) >= 11 is 0. The van der Waals surface area contributed by atoms with Gasteiger partial charge in [0, 0.05) is 23.5 Å². The Kier molecular flexibility index (Phi) is 3.69. The number of aromatic nitrogens is 3. The van der Waals surface area contributed by atoms with Crippen molar-refractivity contribution in [2.75, 3.05) is 7.11 Å². The molecule has 108 valence electrons. The molecule has 0 atom stereocenters. The Morgan fingerprint density at radius 3 is 2.55 bits per heavy atom. The molecular formula is C13H14F3N3O. The SMILES string of the molecule is COc1c(C)cnc(Cn2ccc(C(F)(F)F)n2)c1C. The molecule has 4 nitrogen and oxygen atoms in total. The third-order valence-corrected chi connectivity index (χ3v) is 2.99. The molecule has 2 aromatic rings. The fourth-order valence-electron chi connectivity index (χ4n) is 1.98. The number of ether oxygens (including phenoxy) is 1. The van der Waals surface area contributed by atoms with Crippen LogP contribution in [0, 0.1) is 13.8 Å². The van der Waals surface area contributed by atoms with Crippen molar-refractivity contribution in [3.8, 4) is 5.75 Å². The van der Waals surface area contributed by atoms with Crippen LogP contribution in [-0.2, 0) is 12.7 Å². The van der Waals surface area contributed by atoms with Crippen molar-refractivity contribution in [2.24, 2.45) is 0 Å². The average Bonchev–Trinajstić information content (AvgIpc) is 2.82. The molecule has 0 N–H and O–H groups in total. The highest BCUT2D eigenvalue weighted by atomic mass is 19.4. The molecule has 2 heterocycles. The molecule has 0 aliphatic heterocycles. The minimum absolute atomic E-state index is 0.165. The molecule has 0 aliphatic rings. The normalized spacial score (nSPS) is 11.7. The van der Waals surface area contributed by atoms with E-state index in [1.165, 1.54) is 10.9 Å². The van der Waals surface area contributed by atoms with Gasteiger partial charge in [-0.3, -0.25) is 9.67 Å². The van der Waals surface area contributed by atoms with Crippen molar-refractivity contribution in [3.63, 3.8) is 0 Å². The van der Waals surface area contributed by atoms with Gasteiger partial charge in [0.25, 0.3) is 0 Å². The fourth-order valence-corrected chi connectivity index (χ4v) is 1.98. The van der Waals surface area contributed by atoms with Gasteiger partial charge < -0.3 is 4.74 Å². The number of aryl methyl sites for hydroxylation is 1. The topological polar surface area (TPSA) is 39.9 Å². The molecular weight excluding hydrogens is 271 g/mol. The van der Waals surface area contributed by atoms with Crippen molar-refractivity contribution in [3.05, 3.63) is 41.0 Å². The summed E-state index contributed by atoms with van der Waals surface area (Å²) in [6.45, 7) is 3.85. The molecule has 7 heteroatoms. The van der Waals surface area contributed by atoms with Crippen LogP contribution in [0.5, 0.6) is 5.75 Å². The number of nitrogens with zero attached hydrogens (tertiary/aromatic N) is 3. The van der Waals surface area contributed by atoms with Crippen LogP contribution in [0.15, 0.2) is 18.5 Å². The van der Waals surface area contributed by atoms with E-state index in [1.54, 1.807) is 13.3 Å². The van der Waals surface area contributed by atoms with Crippen LogP contribution in [0.2, 0.25) is 0 Å². The van der Waals surface area contributed by atoms with Gasteiger partial charge in [0.2, 0.25) is 0 Å². The molecule has 0 saturated carbocycles. The summed E-state index contributed by atoms with van der Waals surface area (Å²) in [4.78, 5) is 4.23. The summed E-state index contributed by atoms with van der Waals surface area (Å²) in [5.74, 6) is 0.693. The Hall–Kier alpha value is -2.05. The predicted molar refractivity (Wildman–Crippen MR) is 66.6 cm³/mol. The van der Waals surface area contributed by atoms with E-state index >= 15 is 0 Å². The number of hydrogen-bond donors (Lipinski definition) is 0. The predicted octanol–water partition coefficient (Wildman–Crippen LogP) is 2.97. The monoisotopic (exact) mass is 285 g/mol. The summed E-state index contributed by atoms with van der Waals surface area (Å²) in [6, 6.07) is 0.945. The van der Waals surface area contributed by atoms with E-state index in [0.29, 0.717) is 11.4 Å². The summed E-state index contributed by atoms with van der Waals surface area (Å²) in [5.41, 5.74) is 1.40. The van der Waals surface area contributed by atoms with Crippen molar-refractivity contribution in [1.29, 1.82) is 0 Å². The second-order valence-corrected chi connectivity index (χ2v) is 4.44. The molecule has 0 fully saturated rings. The molecule has 20 heavy (non-hydrogen) atoms. The third kappa shape index (κ3) is 2.76. The largest absolute Gasteiger partial charge is 0.496 e. The molecule has 2 aromatic heterocycles. The van der Waals surface area contributed by atoms with Gasteiger partial charge in [-0.2, -0.15) is 18.3 Å². The maximum atomic E-state index is 12.5. The maximum absolute atomic E-state index is 12.5. The Balaban J connectivity index is 2.29. The lowest BCUT2D eigenvalue weighted by atomic mass is 10.1. The highest BCUT2D eigenvalue weighted by Crippen LogP contribution is 2.28. The second-order valence-electron chi connectivity index (χ2n) is 4.44. The van der Waals surface area contributed by atoms with Crippen LogP contribution in [-0.4, -0.2) is 21.9 Å². The highest BCUT2D eigenvalue weighted by molar-refractivity contribution is 5.41. The quantitative estimate of drug-likeness (QED) is 0.870. The number of hydrogen-bond acceptors (Lipinski definition) is 3. The Labute approximate surface area is 114 Å². The lowest BCUT2D eigenvalue weighted by molar-refractivity contribution is -0.141. The first kappa shape index (κ1) is 14.4. The molecule has 0 bridgehead atoms. The average molecular weight is 285 g/mol. The van der Waals surface area contributed by atoms with Crippen LogP contribution < -0.4 is 4.74 Å². The first-order valence-electron chi connectivity index (χ1n) is 5.92. The highest BCUT2D eigenvalue weighted by Gasteiger charge is 2.33. The summed E-state index contributed by atoms with van der Waals surface area (Å²) in [7, 11) is 1.55. The number of methoxy groups -OCH3 is 1. The Bertz CT molecular complexity index is 620. The first-order valence-corrected chi connectivity index (χ1v) is 5.92. The van der Waals surface area contributed by atoms with Crippen LogP contribution in [0.25, 0.3) is 0 Å². The molecule has 2 rings (SSSR count). The summed E-state index contributed by atoms with van der Waals surface area (Å²) in [5, 5.41) is 3.51. The van der Waals surface area contributed by atoms with Gasteiger partial charge >= 0.3 is 6.18 Å². The zero-order valence-electron chi connectivity index (χ0n) is 11.3. The molecule has 0 aliphatic carbocycles. The van der Waals surface area contributed by atoms with E-state index in [2.05, 4.69) is 10.1 Å². The molecule has 0 saturated heterocycles.